The van der Waals surface area contributed by atoms with Crippen LogP contribution in [0.4, 0.5) is 4.39 Å². The third-order valence-corrected chi connectivity index (χ3v) is 3.37. The summed E-state index contributed by atoms with van der Waals surface area (Å²) >= 11 is 0. The Hall–Kier alpha value is -2.23. The lowest BCUT2D eigenvalue weighted by Gasteiger charge is -2.21. The average Bonchev–Trinajstić information content (AvgIpc) is 2.84. The van der Waals surface area contributed by atoms with Crippen LogP contribution in [-0.2, 0) is 5.41 Å². The Labute approximate surface area is 116 Å². The number of hydrogen-bond donors (Lipinski definition) is 0. The molecule has 3 rings (SSSR count). The van der Waals surface area contributed by atoms with E-state index in [4.69, 9.17) is 0 Å². The average molecular weight is 270 g/mol. The van der Waals surface area contributed by atoms with Gasteiger partial charge in [0, 0.05) is 5.56 Å². The van der Waals surface area contributed by atoms with Gasteiger partial charge in [0.15, 0.2) is 0 Å². The molecule has 102 valence electrons. The van der Waals surface area contributed by atoms with Crippen molar-refractivity contribution in [2.45, 2.75) is 26.2 Å². The maximum Gasteiger partial charge on any atom is 0.135 e. The molecule has 3 nitrogen and oxygen atoms in total. The maximum atomic E-state index is 14.7. The van der Waals surface area contributed by atoms with Crippen LogP contribution in [0.15, 0.2) is 41.0 Å². The fourth-order valence-corrected chi connectivity index (χ4v) is 2.28. The van der Waals surface area contributed by atoms with Crippen molar-refractivity contribution in [3.63, 3.8) is 0 Å². The minimum absolute atomic E-state index is 0.184. The molecule has 1 aromatic heterocycles. The number of aromatic nitrogens is 2. The van der Waals surface area contributed by atoms with Gasteiger partial charge < -0.3 is 0 Å². The van der Waals surface area contributed by atoms with Gasteiger partial charge in [-0.25, -0.2) is 9.02 Å². The van der Waals surface area contributed by atoms with Gasteiger partial charge in [-0.2, -0.15) is 0 Å². The second kappa shape index (κ2) is 4.40. The summed E-state index contributed by atoms with van der Waals surface area (Å²) in [7, 11) is 0. The predicted molar refractivity (Wildman–Crippen MR) is 75.9 cm³/mol. The van der Waals surface area contributed by atoms with Crippen molar-refractivity contribution in [2.24, 2.45) is 0 Å². The largest absolute Gasteiger partial charge is 0.243 e. The van der Waals surface area contributed by atoms with Crippen LogP contribution in [0.2, 0.25) is 0 Å². The molecule has 0 bridgehead atoms. The quantitative estimate of drug-likeness (QED) is 0.660. The summed E-state index contributed by atoms with van der Waals surface area (Å²) in [6, 6.07) is 10.9. The standard InChI is InChI=1S/C16H15FN2O/c1-16(2,3)12-6-4-5-11(15(12)17)10-7-8-13-14(9-10)19-20-18-13/h4-9H,1-3H3. The van der Waals surface area contributed by atoms with Gasteiger partial charge in [-0.15, -0.1) is 0 Å². The molecule has 0 aliphatic carbocycles. The molecular weight excluding hydrogens is 255 g/mol. The van der Waals surface area contributed by atoms with E-state index in [0.717, 1.165) is 5.56 Å². The van der Waals surface area contributed by atoms with Crippen molar-refractivity contribution in [1.82, 2.24) is 10.3 Å². The third kappa shape index (κ3) is 2.07. The Bertz CT molecular complexity index is 771. The first-order chi connectivity index (χ1) is 9.47. The van der Waals surface area contributed by atoms with Crippen molar-refractivity contribution in [2.75, 3.05) is 0 Å². The molecule has 0 aliphatic rings. The van der Waals surface area contributed by atoms with E-state index in [1.54, 1.807) is 18.2 Å². The van der Waals surface area contributed by atoms with Gasteiger partial charge in [0.25, 0.3) is 0 Å². The van der Waals surface area contributed by atoms with Gasteiger partial charge in [-0.3, -0.25) is 0 Å². The molecule has 1 heterocycles. The van der Waals surface area contributed by atoms with Crippen molar-refractivity contribution >= 4 is 11.0 Å². The minimum Gasteiger partial charge on any atom is -0.243 e. The summed E-state index contributed by atoms with van der Waals surface area (Å²) in [5.74, 6) is -0.184. The normalized spacial score (nSPS) is 12.0. The zero-order valence-electron chi connectivity index (χ0n) is 11.6. The lowest BCUT2D eigenvalue weighted by Crippen LogP contribution is -2.13. The highest BCUT2D eigenvalue weighted by atomic mass is 19.1. The number of nitrogens with zero attached hydrogens (tertiary/aromatic N) is 2. The molecule has 2 aromatic carbocycles. The van der Waals surface area contributed by atoms with Crippen LogP contribution < -0.4 is 0 Å². The van der Waals surface area contributed by atoms with Gasteiger partial charge >= 0.3 is 0 Å². The van der Waals surface area contributed by atoms with Crippen LogP contribution in [0.1, 0.15) is 26.3 Å². The van der Waals surface area contributed by atoms with Gasteiger partial charge in [0.05, 0.1) is 0 Å². The summed E-state index contributed by atoms with van der Waals surface area (Å²) in [5, 5.41) is 7.55. The minimum atomic E-state index is -0.236. The van der Waals surface area contributed by atoms with Crippen LogP contribution in [-0.4, -0.2) is 10.3 Å². The second-order valence-corrected chi connectivity index (χ2v) is 5.88. The van der Waals surface area contributed by atoms with Crippen LogP contribution in [0.3, 0.4) is 0 Å². The molecule has 3 aromatic rings. The van der Waals surface area contributed by atoms with Crippen LogP contribution in [0.5, 0.6) is 0 Å². The predicted octanol–water partition coefficient (Wildman–Crippen LogP) is 4.33. The van der Waals surface area contributed by atoms with Crippen LogP contribution >= 0.6 is 0 Å². The molecule has 20 heavy (non-hydrogen) atoms. The van der Waals surface area contributed by atoms with E-state index >= 15 is 0 Å². The topological polar surface area (TPSA) is 38.9 Å². The van der Waals surface area contributed by atoms with E-state index in [9.17, 15) is 4.39 Å². The lowest BCUT2D eigenvalue weighted by molar-refractivity contribution is 0.315. The van der Waals surface area contributed by atoms with E-state index < -0.39 is 0 Å². The van der Waals surface area contributed by atoms with E-state index in [-0.39, 0.29) is 11.2 Å². The molecule has 0 N–H and O–H groups in total. The Balaban J connectivity index is 2.18. The Kier molecular flexibility index (Phi) is 2.82. The Morgan fingerprint density at radius 3 is 2.50 bits per heavy atom. The van der Waals surface area contributed by atoms with E-state index in [1.807, 2.05) is 39.0 Å². The van der Waals surface area contributed by atoms with Crippen molar-refractivity contribution in [3.05, 3.63) is 47.8 Å². The highest BCUT2D eigenvalue weighted by Crippen LogP contribution is 2.32. The molecule has 0 atom stereocenters. The monoisotopic (exact) mass is 270 g/mol. The molecule has 0 spiro atoms. The fourth-order valence-electron chi connectivity index (χ4n) is 2.28. The zero-order valence-corrected chi connectivity index (χ0v) is 11.6. The highest BCUT2D eigenvalue weighted by molar-refractivity contribution is 5.81. The fraction of sp³-hybridized carbons (Fsp3) is 0.250. The first kappa shape index (κ1) is 12.8. The van der Waals surface area contributed by atoms with Crippen molar-refractivity contribution in [3.8, 4) is 11.1 Å². The molecule has 0 radical (unpaired) electrons. The first-order valence-corrected chi connectivity index (χ1v) is 6.48. The van der Waals surface area contributed by atoms with Crippen LogP contribution in [0, 0.1) is 5.82 Å². The van der Waals surface area contributed by atoms with Gasteiger partial charge in [-0.1, -0.05) is 45.0 Å². The summed E-state index contributed by atoms with van der Waals surface area (Å²) in [5.41, 5.74) is 3.11. The summed E-state index contributed by atoms with van der Waals surface area (Å²) < 4.78 is 19.4. The highest BCUT2D eigenvalue weighted by Gasteiger charge is 2.20. The smallest absolute Gasteiger partial charge is 0.135 e. The number of fused-ring (bicyclic) bond motifs is 1. The summed E-state index contributed by atoms with van der Waals surface area (Å²) in [6.45, 7) is 6.00. The Morgan fingerprint density at radius 1 is 1.00 bits per heavy atom. The van der Waals surface area contributed by atoms with Gasteiger partial charge in [0.2, 0.25) is 0 Å². The van der Waals surface area contributed by atoms with E-state index in [0.29, 0.717) is 22.2 Å². The van der Waals surface area contributed by atoms with E-state index in [2.05, 4.69) is 14.9 Å². The molecule has 0 saturated carbocycles. The van der Waals surface area contributed by atoms with Gasteiger partial charge in [0.1, 0.15) is 16.9 Å². The summed E-state index contributed by atoms with van der Waals surface area (Å²) in [4.78, 5) is 0. The number of hydrogen-bond acceptors (Lipinski definition) is 3. The number of rotatable bonds is 1. The first-order valence-electron chi connectivity index (χ1n) is 6.48. The molecule has 0 fully saturated rings. The van der Waals surface area contributed by atoms with Crippen molar-refractivity contribution < 1.29 is 9.02 Å². The number of benzene rings is 2. The SMILES string of the molecule is CC(C)(C)c1cccc(-c2ccc3nonc3c2)c1F. The van der Waals surface area contributed by atoms with Crippen molar-refractivity contribution in [1.29, 1.82) is 0 Å². The molecule has 0 saturated heterocycles. The second-order valence-electron chi connectivity index (χ2n) is 5.88. The van der Waals surface area contributed by atoms with E-state index in [1.165, 1.54) is 0 Å². The third-order valence-electron chi connectivity index (χ3n) is 3.37. The molecule has 4 heteroatoms. The molecule has 0 amide bonds. The maximum absolute atomic E-state index is 14.7. The summed E-state index contributed by atoms with van der Waals surface area (Å²) in [6.07, 6.45) is 0. The van der Waals surface area contributed by atoms with Gasteiger partial charge in [-0.05, 0) is 39.0 Å². The molecular formula is C16H15FN2O. The molecule has 0 unspecified atom stereocenters. The zero-order chi connectivity index (χ0) is 14.3. The molecule has 0 aliphatic heterocycles. The Morgan fingerprint density at radius 2 is 1.75 bits per heavy atom. The number of halogens is 1. The lowest BCUT2D eigenvalue weighted by atomic mass is 9.85. The van der Waals surface area contributed by atoms with Crippen LogP contribution in [0.25, 0.3) is 22.2 Å².